The van der Waals surface area contributed by atoms with Crippen molar-refractivity contribution in [2.24, 2.45) is 40.9 Å². The minimum Gasteiger partial charge on any atom is -0.465 e. The van der Waals surface area contributed by atoms with Crippen LogP contribution in [0.5, 0.6) is 0 Å². The maximum Gasteiger partial charge on any atom is 0.377 e. The first-order valence-corrected chi connectivity index (χ1v) is 47.7. The van der Waals surface area contributed by atoms with Gasteiger partial charge in [0.1, 0.15) is 47.1 Å². The molecule has 8 aromatic carbocycles. The molecular weight excluding hydrogens is 1670 g/mol. The zero-order valence-electron chi connectivity index (χ0n) is 70.1. The van der Waals surface area contributed by atoms with E-state index in [2.05, 4.69) is 196 Å². The second-order valence-corrected chi connectivity index (χ2v) is 41.8. The molecule has 3 heterocycles. The van der Waals surface area contributed by atoms with E-state index >= 15 is 0 Å². The number of esters is 5. The first kappa shape index (κ1) is 96.2. The highest BCUT2D eigenvalue weighted by molar-refractivity contribution is 7.98. The molecule has 11 fully saturated rings. The summed E-state index contributed by atoms with van der Waals surface area (Å²) < 4.78 is 122. The smallest absolute Gasteiger partial charge is 0.377 e. The summed E-state index contributed by atoms with van der Waals surface area (Å²) in [7, 11) is 1.67. The molecule has 19 rings (SSSR count). The Morgan fingerprint density at radius 3 is 0.976 bits per heavy atom. The van der Waals surface area contributed by atoms with Crippen LogP contribution in [0.2, 0.25) is 0 Å². The average Bonchev–Trinajstić information content (AvgIpc) is 0.886. The predicted octanol–water partition coefficient (Wildman–Crippen LogP) is 21.2. The lowest BCUT2D eigenvalue weighted by Gasteiger charge is -2.56. The van der Waals surface area contributed by atoms with Gasteiger partial charge in [0.15, 0.2) is 40.9 Å². The summed E-state index contributed by atoms with van der Waals surface area (Å²) >= 11 is 0. The number of halogens is 8. The van der Waals surface area contributed by atoms with Crippen molar-refractivity contribution in [3.8, 4) is 0 Å². The van der Waals surface area contributed by atoms with Gasteiger partial charge in [0, 0.05) is 56.1 Å². The molecule has 0 N–H and O–H groups in total. The summed E-state index contributed by atoms with van der Waals surface area (Å²) in [6.07, 6.45) is 14.6. The SMILES string of the molecule is CC(F)(F)C(=O)OC12CC3CC(C1)C(=O)C(C3)C2.CC(F)(F)C(=O)OC1COC(=O)C1.CC(F)(F)C(=O)OCC12CC3CC(CC(C3)C1)C2.COC(=O)C(C)(F)F.O=C(C[S+]1CCCC1)c1ccccc1.O=C(C[S+]1CCCC1)c1ccccc1.c1ccc([S+](c2ccccc2)c2ccccc2)cc1.c1ccc([S+](c2ccccc2)c2ccccc2)cc1. The van der Waals surface area contributed by atoms with Crippen LogP contribution in [0, 0.1) is 40.9 Å². The highest BCUT2D eigenvalue weighted by Gasteiger charge is 2.59. The lowest BCUT2D eigenvalue weighted by molar-refractivity contribution is -0.207. The second-order valence-electron chi connectivity index (χ2n) is 33.1. The molecule has 3 unspecified atom stereocenters. The number of ether oxygens (including phenoxy) is 5. The van der Waals surface area contributed by atoms with Crippen molar-refractivity contribution in [3.63, 3.8) is 0 Å². The number of carbonyl (C=O) groups is 8. The average molecular weight is 1780 g/mol. The van der Waals surface area contributed by atoms with E-state index in [-0.39, 0.29) is 64.5 Å². The van der Waals surface area contributed by atoms with Gasteiger partial charge < -0.3 is 23.7 Å². The molecule has 123 heavy (non-hydrogen) atoms. The molecule has 0 amide bonds. The Labute approximate surface area is 728 Å². The highest BCUT2D eigenvalue weighted by atomic mass is 32.2. The van der Waals surface area contributed by atoms with E-state index < -0.39 is 65.2 Å². The molecule has 8 bridgehead atoms. The quantitative estimate of drug-likeness (QED) is 0.0231. The van der Waals surface area contributed by atoms with E-state index in [1.165, 1.54) is 97.3 Å². The molecule has 8 aromatic rings. The molecule has 3 saturated heterocycles. The zero-order chi connectivity index (χ0) is 88.4. The van der Waals surface area contributed by atoms with Crippen LogP contribution in [0.1, 0.15) is 151 Å². The Hall–Kier alpha value is -9.04. The maximum atomic E-state index is 12.9. The Balaban J connectivity index is 0.000000149. The number of rotatable bonds is 20. The standard InChI is InChI=1S/2C18H15S.C14H20F2O2.C13H16F2O3.2C12H15OS.C7H8F2O4.C4H6F2O2/c2*1-4-10-16(11-5-1)19(17-12-6-2-7-13-17)18-14-8-3-9-15-18;1-13(15,16)12(17)18-8-14-5-9-2-10(6-14)4-11(3-9)7-14;1-12(14,15)11(17)18-13-4-7-2-8(5-13)10(16)9(3-7)6-13;2*13-12(10-14-8-4-5-9-14)11-6-2-1-3-7-11;1-7(8,9)6(11)13-4-2-5(10)12-3-4;1-4(5,6)3(7)8-2/h2*1-15H;9-11H,2-8H2,1H3;7-9H,2-6H2,1H3;2*1-3,6-7H,4-5,8-10H2;4H,2-3H2,1H3;1-2H3/q2*+1;;;2*+1;;. The van der Waals surface area contributed by atoms with Crippen molar-refractivity contribution in [3.05, 3.63) is 254 Å². The third-order valence-corrected chi connectivity index (χ3v) is 31.9. The third kappa shape index (κ3) is 29.5. The van der Waals surface area contributed by atoms with Gasteiger partial charge in [-0.3, -0.25) is 19.2 Å². The Morgan fingerprint density at radius 1 is 0.398 bits per heavy atom. The minimum atomic E-state index is -3.52. The molecule has 8 aliphatic carbocycles. The van der Waals surface area contributed by atoms with Gasteiger partial charge in [0.05, 0.1) is 41.9 Å². The van der Waals surface area contributed by atoms with Crippen LogP contribution in [0.4, 0.5) is 35.1 Å². The molecule has 0 spiro atoms. The number of carbonyl (C=O) groups excluding carboxylic acids is 8. The first-order chi connectivity index (χ1) is 58.6. The second kappa shape index (κ2) is 45.2. The largest absolute Gasteiger partial charge is 0.465 e. The van der Waals surface area contributed by atoms with Crippen molar-refractivity contribution in [2.45, 2.75) is 195 Å². The number of benzene rings is 8. The van der Waals surface area contributed by atoms with E-state index in [1.54, 1.807) is 0 Å². The predicted molar refractivity (Wildman–Crippen MR) is 466 cm³/mol. The molecule has 11 aliphatic rings. The van der Waals surface area contributed by atoms with Crippen molar-refractivity contribution >= 4 is 90.8 Å². The summed E-state index contributed by atoms with van der Waals surface area (Å²) in [6, 6.07) is 83.6. The first-order valence-electron chi connectivity index (χ1n) is 41.8. The fourth-order valence-corrected chi connectivity index (χ4v) is 26.3. The number of ketones is 3. The third-order valence-electron chi connectivity index (χ3n) is 22.6. The van der Waals surface area contributed by atoms with Gasteiger partial charge in [-0.25, -0.2) is 19.2 Å². The van der Waals surface area contributed by atoms with Crippen LogP contribution >= 0.6 is 0 Å². The zero-order valence-corrected chi connectivity index (χ0v) is 73.3. The van der Waals surface area contributed by atoms with E-state index in [4.69, 9.17) is 9.47 Å². The molecular formula is C98H110F8O13S4+4. The molecule has 8 saturated carbocycles. The Kier molecular flexibility index (Phi) is 35.4. The molecule has 13 nitrogen and oxygen atoms in total. The molecule has 656 valence electrons. The molecule has 25 heteroatoms. The Morgan fingerprint density at radius 2 is 0.699 bits per heavy atom. The highest BCUT2D eigenvalue weighted by Crippen LogP contribution is 2.60. The van der Waals surface area contributed by atoms with Crippen LogP contribution < -0.4 is 0 Å². The summed E-state index contributed by atoms with van der Waals surface area (Å²) in [5.74, 6) is -10.1. The lowest BCUT2D eigenvalue weighted by Crippen LogP contribution is -2.57. The van der Waals surface area contributed by atoms with Crippen LogP contribution in [0.3, 0.4) is 0 Å². The van der Waals surface area contributed by atoms with Crippen molar-refractivity contribution < 1.29 is 97.2 Å². The van der Waals surface area contributed by atoms with Crippen molar-refractivity contribution in [1.82, 2.24) is 0 Å². The summed E-state index contributed by atoms with van der Waals surface area (Å²) in [5, 5.41) is 0. The van der Waals surface area contributed by atoms with Gasteiger partial charge in [0.2, 0.25) is 11.6 Å². The van der Waals surface area contributed by atoms with E-state index in [0.717, 1.165) is 79.6 Å². The molecule has 3 atom stereocenters. The van der Waals surface area contributed by atoms with Gasteiger partial charge in [-0.05, 0) is 215 Å². The van der Waals surface area contributed by atoms with Gasteiger partial charge >= 0.3 is 53.5 Å². The normalized spacial score (nSPS) is 22.6. The number of cyclic esters (lactones) is 1. The van der Waals surface area contributed by atoms with Crippen LogP contribution in [0.15, 0.2) is 272 Å². The van der Waals surface area contributed by atoms with Crippen molar-refractivity contribution in [1.29, 1.82) is 0 Å². The van der Waals surface area contributed by atoms with Gasteiger partial charge in [-0.2, -0.15) is 35.1 Å². The number of hydrogen-bond acceptors (Lipinski definition) is 13. The van der Waals surface area contributed by atoms with E-state index in [1.807, 2.05) is 60.7 Å². The summed E-state index contributed by atoms with van der Waals surface area (Å²) in [5.41, 5.74) is 0.996. The van der Waals surface area contributed by atoms with Crippen molar-refractivity contribution in [2.75, 3.05) is 54.8 Å². The number of hydrogen-bond donors (Lipinski definition) is 0. The molecule has 0 aromatic heterocycles. The summed E-state index contributed by atoms with van der Waals surface area (Å²) in [6.45, 7) is 2.15. The van der Waals surface area contributed by atoms with Crippen LogP contribution in [-0.4, -0.2) is 137 Å². The number of methoxy groups -OCH3 is 1. The fraction of sp³-hybridized carbons (Fsp3) is 0.429. The van der Waals surface area contributed by atoms with E-state index in [0.29, 0.717) is 86.2 Å². The molecule has 3 aliphatic heterocycles. The minimum absolute atomic E-state index is 0.0146. The monoisotopic (exact) mass is 1770 g/mol. The van der Waals surface area contributed by atoms with E-state index in [9.17, 15) is 73.5 Å². The fourth-order valence-electron chi connectivity index (χ4n) is 17.6. The topological polar surface area (TPSA) is 183 Å². The number of alkyl halides is 8. The van der Waals surface area contributed by atoms with Crippen LogP contribution in [-0.2, 0) is 96.0 Å². The van der Waals surface area contributed by atoms with Crippen LogP contribution in [0.25, 0.3) is 0 Å². The number of Topliss-reactive ketones (excluding diaryl/α,β-unsaturated/α-hetero) is 3. The maximum absolute atomic E-state index is 12.9. The lowest BCUT2D eigenvalue weighted by atomic mass is 9.50. The molecule has 0 radical (unpaired) electrons. The Bertz CT molecular complexity index is 4240. The van der Waals surface area contributed by atoms with Gasteiger partial charge in [0.25, 0.3) is 0 Å². The van der Waals surface area contributed by atoms with Gasteiger partial charge in [-0.1, -0.05) is 170 Å². The summed E-state index contributed by atoms with van der Waals surface area (Å²) in [4.78, 5) is 97.2. The van der Waals surface area contributed by atoms with Gasteiger partial charge in [-0.15, -0.1) is 0 Å².